The summed E-state index contributed by atoms with van der Waals surface area (Å²) in [5.41, 5.74) is -0.458. The van der Waals surface area contributed by atoms with Gasteiger partial charge >= 0.3 is 5.69 Å². The molecule has 0 amide bonds. The van der Waals surface area contributed by atoms with Crippen LogP contribution < -0.4 is 0 Å². The molecule has 13 heavy (non-hydrogen) atoms. The van der Waals surface area contributed by atoms with Gasteiger partial charge in [0.05, 0.1) is 4.92 Å². The SMILES string of the molecule is N=Cc1cc(O)c(O)c([N+](=O)[O-])c1. The Morgan fingerprint density at radius 1 is 1.46 bits per heavy atom. The van der Waals surface area contributed by atoms with Gasteiger partial charge in [-0.25, -0.2) is 0 Å². The minimum Gasteiger partial charge on any atom is -0.504 e. The molecule has 6 heteroatoms. The number of nitro benzene ring substituents is 1. The second-order valence-electron chi connectivity index (χ2n) is 2.31. The number of rotatable bonds is 2. The molecule has 0 unspecified atom stereocenters. The van der Waals surface area contributed by atoms with E-state index < -0.39 is 22.1 Å². The average molecular weight is 182 g/mol. The monoisotopic (exact) mass is 182 g/mol. The highest BCUT2D eigenvalue weighted by molar-refractivity contribution is 5.80. The van der Waals surface area contributed by atoms with E-state index in [1.807, 2.05) is 0 Å². The molecular formula is C7H6N2O4. The van der Waals surface area contributed by atoms with Crippen molar-refractivity contribution < 1.29 is 15.1 Å². The molecule has 1 aromatic carbocycles. The number of hydrogen-bond acceptors (Lipinski definition) is 5. The number of nitrogens with one attached hydrogen (secondary N) is 1. The third-order valence-corrected chi connectivity index (χ3v) is 1.46. The predicted molar refractivity (Wildman–Crippen MR) is 44.3 cm³/mol. The second kappa shape index (κ2) is 3.10. The molecule has 68 valence electrons. The molecule has 0 atom stereocenters. The number of phenols is 2. The van der Waals surface area contributed by atoms with Crippen molar-refractivity contribution in [2.24, 2.45) is 0 Å². The maximum Gasteiger partial charge on any atom is 0.315 e. The first-order chi connectivity index (χ1) is 6.06. The fourth-order valence-corrected chi connectivity index (χ4v) is 0.848. The molecular weight excluding hydrogens is 176 g/mol. The highest BCUT2D eigenvalue weighted by Gasteiger charge is 2.17. The Labute approximate surface area is 72.7 Å². The van der Waals surface area contributed by atoms with E-state index in [2.05, 4.69) is 0 Å². The van der Waals surface area contributed by atoms with Crippen LogP contribution in [-0.2, 0) is 0 Å². The average Bonchev–Trinajstić information content (AvgIpc) is 2.09. The van der Waals surface area contributed by atoms with Crippen LogP contribution in [0.15, 0.2) is 12.1 Å². The van der Waals surface area contributed by atoms with Crippen LogP contribution in [0.2, 0.25) is 0 Å². The first-order valence-corrected chi connectivity index (χ1v) is 3.27. The number of phenolic OH excluding ortho intramolecular Hbond substituents is 2. The maximum atomic E-state index is 10.3. The lowest BCUT2D eigenvalue weighted by atomic mass is 10.2. The quantitative estimate of drug-likeness (QED) is 0.274. The van der Waals surface area contributed by atoms with Crippen molar-refractivity contribution in [2.45, 2.75) is 0 Å². The topological polar surface area (TPSA) is 107 Å². The van der Waals surface area contributed by atoms with Gasteiger partial charge in [-0.05, 0) is 6.07 Å². The van der Waals surface area contributed by atoms with Crippen LogP contribution in [0.1, 0.15) is 5.56 Å². The summed E-state index contributed by atoms with van der Waals surface area (Å²) in [7, 11) is 0. The third kappa shape index (κ3) is 1.56. The van der Waals surface area contributed by atoms with Crippen molar-refractivity contribution in [2.75, 3.05) is 0 Å². The molecule has 0 fully saturated rings. The van der Waals surface area contributed by atoms with Crippen LogP contribution in [0.25, 0.3) is 0 Å². The van der Waals surface area contributed by atoms with Gasteiger partial charge in [0, 0.05) is 17.8 Å². The van der Waals surface area contributed by atoms with Crippen LogP contribution in [0.3, 0.4) is 0 Å². The van der Waals surface area contributed by atoms with E-state index in [0.29, 0.717) is 0 Å². The summed E-state index contributed by atoms with van der Waals surface area (Å²) in [6.07, 6.45) is 0.839. The molecule has 0 bridgehead atoms. The number of nitrogens with zero attached hydrogens (tertiary/aromatic N) is 1. The van der Waals surface area contributed by atoms with Crippen molar-refractivity contribution in [3.63, 3.8) is 0 Å². The van der Waals surface area contributed by atoms with Crippen molar-refractivity contribution in [3.8, 4) is 11.5 Å². The summed E-state index contributed by atoms with van der Waals surface area (Å²) in [4.78, 5) is 9.47. The van der Waals surface area contributed by atoms with E-state index in [9.17, 15) is 10.1 Å². The molecule has 0 aromatic heterocycles. The zero-order chi connectivity index (χ0) is 10.0. The first kappa shape index (κ1) is 8.98. The minimum atomic E-state index is -0.831. The van der Waals surface area contributed by atoms with E-state index >= 15 is 0 Å². The number of hydrogen-bond donors (Lipinski definition) is 3. The molecule has 0 saturated heterocycles. The Bertz CT molecular complexity index is 375. The van der Waals surface area contributed by atoms with E-state index in [0.717, 1.165) is 18.3 Å². The molecule has 0 radical (unpaired) electrons. The minimum absolute atomic E-state index is 0.155. The second-order valence-corrected chi connectivity index (χ2v) is 2.31. The zero-order valence-corrected chi connectivity index (χ0v) is 6.39. The molecule has 0 aliphatic rings. The van der Waals surface area contributed by atoms with Crippen molar-refractivity contribution in [1.29, 1.82) is 5.41 Å². The van der Waals surface area contributed by atoms with E-state index in [4.69, 9.17) is 15.6 Å². The Morgan fingerprint density at radius 3 is 2.54 bits per heavy atom. The molecule has 0 aliphatic heterocycles. The lowest BCUT2D eigenvalue weighted by molar-refractivity contribution is -0.386. The smallest absolute Gasteiger partial charge is 0.315 e. The summed E-state index contributed by atoms with van der Waals surface area (Å²) >= 11 is 0. The molecule has 6 nitrogen and oxygen atoms in total. The predicted octanol–water partition coefficient (Wildman–Crippen LogP) is 1.00. The summed E-state index contributed by atoms with van der Waals surface area (Å²) < 4.78 is 0. The Kier molecular flexibility index (Phi) is 2.14. The number of nitro groups is 1. The summed E-state index contributed by atoms with van der Waals surface area (Å²) in [6.45, 7) is 0. The van der Waals surface area contributed by atoms with E-state index in [1.165, 1.54) is 0 Å². The van der Waals surface area contributed by atoms with Gasteiger partial charge in [-0.15, -0.1) is 0 Å². The van der Waals surface area contributed by atoms with Gasteiger partial charge in [0.25, 0.3) is 0 Å². The van der Waals surface area contributed by atoms with Crippen LogP contribution in [0.5, 0.6) is 11.5 Å². The van der Waals surface area contributed by atoms with E-state index in [-0.39, 0.29) is 5.56 Å². The first-order valence-electron chi connectivity index (χ1n) is 3.27. The van der Waals surface area contributed by atoms with Gasteiger partial charge < -0.3 is 15.6 Å². The van der Waals surface area contributed by atoms with Crippen molar-refractivity contribution >= 4 is 11.9 Å². The Morgan fingerprint density at radius 2 is 2.08 bits per heavy atom. The highest BCUT2D eigenvalue weighted by Crippen LogP contribution is 2.35. The van der Waals surface area contributed by atoms with Gasteiger partial charge in [0.15, 0.2) is 5.75 Å². The highest BCUT2D eigenvalue weighted by atomic mass is 16.6. The van der Waals surface area contributed by atoms with Crippen LogP contribution in [0.4, 0.5) is 5.69 Å². The Balaban J connectivity index is 3.41. The number of aromatic hydroxyl groups is 2. The summed E-state index contributed by atoms with van der Waals surface area (Å²) in [5, 5.41) is 35.1. The molecule has 0 spiro atoms. The lowest BCUT2D eigenvalue weighted by Gasteiger charge is -1.99. The largest absolute Gasteiger partial charge is 0.504 e. The van der Waals surface area contributed by atoms with Gasteiger partial charge in [-0.2, -0.15) is 0 Å². The normalized spacial score (nSPS) is 9.54. The van der Waals surface area contributed by atoms with Gasteiger partial charge in [-0.3, -0.25) is 10.1 Å². The summed E-state index contributed by atoms with van der Waals surface area (Å²) in [6, 6.07) is 2.07. The fraction of sp³-hybridized carbons (Fsp3) is 0. The summed E-state index contributed by atoms with van der Waals surface area (Å²) in [5.74, 6) is -1.39. The van der Waals surface area contributed by atoms with Gasteiger partial charge in [-0.1, -0.05) is 0 Å². The van der Waals surface area contributed by atoms with Crippen LogP contribution in [-0.4, -0.2) is 21.4 Å². The van der Waals surface area contributed by atoms with Gasteiger partial charge in [0.2, 0.25) is 5.75 Å². The lowest BCUT2D eigenvalue weighted by Crippen LogP contribution is -1.91. The van der Waals surface area contributed by atoms with Gasteiger partial charge in [0.1, 0.15) is 0 Å². The Hall–Kier alpha value is -2.11. The third-order valence-electron chi connectivity index (χ3n) is 1.46. The standard InChI is InChI=1S/C7H6N2O4/c8-3-4-1-5(9(12)13)7(11)6(10)2-4/h1-3,8,10-11H. The molecule has 3 N–H and O–H groups in total. The molecule has 0 heterocycles. The van der Waals surface area contributed by atoms with Crippen molar-refractivity contribution in [3.05, 3.63) is 27.8 Å². The molecule has 0 aliphatic carbocycles. The number of benzene rings is 1. The molecule has 1 rings (SSSR count). The molecule has 0 saturated carbocycles. The van der Waals surface area contributed by atoms with Crippen LogP contribution in [0, 0.1) is 15.5 Å². The van der Waals surface area contributed by atoms with E-state index in [1.54, 1.807) is 0 Å². The fourth-order valence-electron chi connectivity index (χ4n) is 0.848. The van der Waals surface area contributed by atoms with Crippen LogP contribution >= 0.6 is 0 Å². The van der Waals surface area contributed by atoms with Crippen molar-refractivity contribution in [1.82, 2.24) is 0 Å². The maximum absolute atomic E-state index is 10.3. The zero-order valence-electron chi connectivity index (χ0n) is 6.39. The molecule has 1 aromatic rings.